The van der Waals surface area contributed by atoms with Crippen molar-refractivity contribution >= 4 is 23.6 Å². The van der Waals surface area contributed by atoms with Crippen LogP contribution in [0.5, 0.6) is 5.75 Å². The van der Waals surface area contributed by atoms with E-state index < -0.39 is 17.7 Å². The highest BCUT2D eigenvalue weighted by molar-refractivity contribution is 6.30. The van der Waals surface area contributed by atoms with Gasteiger partial charge in [0, 0.05) is 16.5 Å². The van der Waals surface area contributed by atoms with Gasteiger partial charge in [0.25, 0.3) is 6.02 Å². The van der Waals surface area contributed by atoms with Gasteiger partial charge in [-0.1, -0.05) is 29.8 Å². The number of fused-ring (bicyclic) bond motifs is 4. The molecule has 1 unspecified atom stereocenters. The van der Waals surface area contributed by atoms with Crippen LogP contribution < -0.4 is 10.5 Å². The molecule has 4 N–H and O–H groups in total. The fourth-order valence-electron chi connectivity index (χ4n) is 4.72. The summed E-state index contributed by atoms with van der Waals surface area (Å²) in [6.07, 6.45) is -3.24. The second kappa shape index (κ2) is 8.99. The van der Waals surface area contributed by atoms with E-state index in [1.165, 1.54) is 0 Å². The van der Waals surface area contributed by atoms with Crippen LogP contribution in [0, 0.1) is 5.92 Å². The highest BCUT2D eigenvalue weighted by Crippen LogP contribution is 2.53. The van der Waals surface area contributed by atoms with Crippen molar-refractivity contribution in [2.45, 2.75) is 43.2 Å². The third kappa shape index (κ3) is 4.65. The molecule has 182 valence electrons. The Labute approximate surface area is 198 Å². The number of alkyl halides is 3. The third-order valence-corrected chi connectivity index (χ3v) is 6.48. The van der Waals surface area contributed by atoms with Gasteiger partial charge < -0.3 is 25.4 Å². The van der Waals surface area contributed by atoms with Crippen molar-refractivity contribution < 1.29 is 37.7 Å². The number of nitrogens with zero attached hydrogens (tertiary/aromatic N) is 1. The van der Waals surface area contributed by atoms with Crippen LogP contribution in [0.2, 0.25) is 5.02 Å². The number of rotatable bonds is 1. The number of aliphatic imine (C=N–C) groups is 1. The maximum atomic E-state index is 10.6. The van der Waals surface area contributed by atoms with Crippen molar-refractivity contribution in [3.05, 3.63) is 53.1 Å². The maximum Gasteiger partial charge on any atom is 0.490 e. The van der Waals surface area contributed by atoms with Gasteiger partial charge >= 0.3 is 12.1 Å². The summed E-state index contributed by atoms with van der Waals surface area (Å²) < 4.78 is 43.7. The molecule has 1 saturated carbocycles. The molecule has 1 aliphatic carbocycles. The Hall–Kier alpha value is -2.98. The Balaban J connectivity index is 0.000000344. The lowest BCUT2D eigenvalue weighted by Gasteiger charge is -2.47. The summed E-state index contributed by atoms with van der Waals surface area (Å²) in [7, 11) is 0. The first kappa shape index (κ1) is 24.2. The Kier molecular flexibility index (Phi) is 6.39. The Morgan fingerprint density at radius 1 is 1.18 bits per heavy atom. The van der Waals surface area contributed by atoms with Crippen molar-refractivity contribution in [1.29, 1.82) is 0 Å². The number of aliphatic hydroxyl groups excluding tert-OH is 1. The number of ether oxygens (including phenoxy) is 2. The predicted molar refractivity (Wildman–Crippen MR) is 118 cm³/mol. The molecule has 0 amide bonds. The van der Waals surface area contributed by atoms with E-state index in [1.54, 1.807) is 0 Å². The molecule has 3 aliphatic rings. The van der Waals surface area contributed by atoms with Crippen molar-refractivity contribution in [2.24, 2.45) is 16.6 Å². The first-order chi connectivity index (χ1) is 16.0. The fraction of sp³-hybridized carbons (Fsp3) is 0.391. The molecule has 11 heteroatoms. The molecular weight excluding hydrogens is 477 g/mol. The smallest absolute Gasteiger partial charge is 0.490 e. The molecule has 5 rings (SSSR count). The summed E-state index contributed by atoms with van der Waals surface area (Å²) in [5.41, 5.74) is 8.35. The van der Waals surface area contributed by atoms with Gasteiger partial charge in [-0.25, -0.2) is 9.79 Å². The van der Waals surface area contributed by atoms with Crippen LogP contribution in [0.1, 0.15) is 24.8 Å². The fourth-order valence-corrected chi connectivity index (χ4v) is 4.91. The number of carboxylic acids is 1. The van der Waals surface area contributed by atoms with Gasteiger partial charge in [0.1, 0.15) is 24.0 Å². The summed E-state index contributed by atoms with van der Waals surface area (Å²) >= 11 is 6.17. The van der Waals surface area contributed by atoms with E-state index in [1.807, 2.05) is 36.4 Å². The summed E-state index contributed by atoms with van der Waals surface area (Å²) in [4.78, 5) is 13.6. The number of halogens is 4. The second-order valence-corrected chi connectivity index (χ2v) is 8.85. The largest absolute Gasteiger partial charge is 0.490 e. The van der Waals surface area contributed by atoms with Gasteiger partial charge in [0.15, 0.2) is 0 Å². The van der Waals surface area contributed by atoms with Crippen LogP contribution in [-0.4, -0.2) is 47.2 Å². The minimum Gasteiger partial charge on any atom is -0.490 e. The number of carbonyl (C=O) groups is 1. The standard InChI is InChI=1S/C21H21ClN2O3.C2HF3O2/c22-14-3-1-2-12(8-14)13-4-6-18-16(9-13)21(11-26-20(23)24-21)17-10-15(25)5-7-19(17)27-18;3-2(4,5)1(6)7/h1-4,6,8-9,15,17,19,25H,5,7,10-11H2,(H2,23,24);(H,6,7)/t15-,17-,19-,21?;/m0./s1. The quantitative estimate of drug-likeness (QED) is 0.545. The minimum atomic E-state index is -5.08. The molecule has 2 heterocycles. The average Bonchev–Trinajstić information content (AvgIpc) is 3.16. The molecule has 2 aliphatic heterocycles. The number of aliphatic carboxylic acids is 1. The van der Waals surface area contributed by atoms with Crippen LogP contribution in [0.3, 0.4) is 0 Å². The molecule has 7 nitrogen and oxygen atoms in total. The molecule has 4 atom stereocenters. The number of amidine groups is 1. The molecule has 0 saturated heterocycles. The van der Waals surface area contributed by atoms with E-state index in [-0.39, 0.29) is 24.1 Å². The topological polar surface area (TPSA) is 114 Å². The van der Waals surface area contributed by atoms with Crippen molar-refractivity contribution in [3.8, 4) is 16.9 Å². The van der Waals surface area contributed by atoms with E-state index in [9.17, 15) is 18.3 Å². The predicted octanol–water partition coefficient (Wildman–Crippen LogP) is 4.10. The van der Waals surface area contributed by atoms with Gasteiger partial charge in [0.05, 0.1) is 6.10 Å². The van der Waals surface area contributed by atoms with Crippen LogP contribution >= 0.6 is 11.6 Å². The Morgan fingerprint density at radius 3 is 2.50 bits per heavy atom. The normalized spacial score (nSPS) is 27.3. The van der Waals surface area contributed by atoms with Gasteiger partial charge in [-0.2, -0.15) is 13.2 Å². The van der Waals surface area contributed by atoms with E-state index in [4.69, 9.17) is 41.7 Å². The highest BCUT2D eigenvalue weighted by atomic mass is 35.5. The monoisotopic (exact) mass is 498 g/mol. The van der Waals surface area contributed by atoms with E-state index in [0.717, 1.165) is 35.3 Å². The number of aliphatic hydroxyl groups is 1. The molecule has 0 radical (unpaired) electrons. The van der Waals surface area contributed by atoms with E-state index >= 15 is 0 Å². The molecule has 0 bridgehead atoms. The lowest BCUT2D eigenvalue weighted by Crippen LogP contribution is -2.51. The molecule has 1 spiro atoms. The number of nitrogens with two attached hydrogens (primary N) is 1. The van der Waals surface area contributed by atoms with E-state index in [0.29, 0.717) is 18.1 Å². The van der Waals surface area contributed by atoms with Crippen molar-refractivity contribution in [3.63, 3.8) is 0 Å². The third-order valence-electron chi connectivity index (χ3n) is 6.25. The van der Waals surface area contributed by atoms with Crippen LogP contribution in [-0.2, 0) is 15.1 Å². The molecule has 2 aromatic carbocycles. The summed E-state index contributed by atoms with van der Waals surface area (Å²) in [5.74, 6) is -1.91. The van der Waals surface area contributed by atoms with Gasteiger partial charge in [-0.15, -0.1) is 0 Å². The van der Waals surface area contributed by atoms with Crippen LogP contribution in [0.4, 0.5) is 13.2 Å². The molecule has 34 heavy (non-hydrogen) atoms. The number of carboxylic acid groups (broad SMARTS) is 1. The first-order valence-corrected chi connectivity index (χ1v) is 10.9. The minimum absolute atomic E-state index is 0.0103. The average molecular weight is 499 g/mol. The Morgan fingerprint density at radius 2 is 1.88 bits per heavy atom. The zero-order chi connectivity index (χ0) is 24.7. The molecule has 1 fully saturated rings. The molecular formula is C23H22ClF3N2O5. The molecule has 2 aromatic rings. The zero-order valence-electron chi connectivity index (χ0n) is 17.8. The van der Waals surface area contributed by atoms with Gasteiger partial charge in [-0.3, -0.25) is 0 Å². The lowest BCUT2D eigenvalue weighted by molar-refractivity contribution is -0.192. The van der Waals surface area contributed by atoms with Crippen molar-refractivity contribution in [1.82, 2.24) is 0 Å². The molecule has 0 aromatic heterocycles. The number of benzene rings is 2. The first-order valence-electron chi connectivity index (χ1n) is 10.5. The van der Waals surface area contributed by atoms with Crippen molar-refractivity contribution in [2.75, 3.05) is 6.61 Å². The highest BCUT2D eigenvalue weighted by Gasteiger charge is 2.55. The zero-order valence-corrected chi connectivity index (χ0v) is 18.5. The van der Waals surface area contributed by atoms with Gasteiger partial charge in [-0.05, 0) is 54.7 Å². The summed E-state index contributed by atoms with van der Waals surface area (Å²) in [6, 6.07) is 14.1. The Bertz CT molecular complexity index is 1130. The van der Waals surface area contributed by atoms with Crippen LogP contribution in [0.25, 0.3) is 11.1 Å². The van der Waals surface area contributed by atoms with Gasteiger partial charge in [0.2, 0.25) is 0 Å². The SMILES string of the molecule is NC1=NC2(CO1)c1cc(-c3cccc(Cl)c3)ccc1O[C@H]1CC[C@H](O)C[C@@H]12.O=C(O)C(F)(F)F. The maximum absolute atomic E-state index is 10.6. The lowest BCUT2D eigenvalue weighted by atomic mass is 9.67. The summed E-state index contributed by atoms with van der Waals surface area (Å²) in [5, 5.41) is 18.1. The second-order valence-electron chi connectivity index (χ2n) is 8.42. The van der Waals surface area contributed by atoms with Crippen LogP contribution in [0.15, 0.2) is 47.5 Å². The number of hydrogen-bond donors (Lipinski definition) is 3. The van der Waals surface area contributed by atoms with E-state index in [2.05, 4.69) is 6.07 Å². The summed E-state index contributed by atoms with van der Waals surface area (Å²) in [6.45, 7) is 0.377. The number of hydrogen-bond acceptors (Lipinski definition) is 6.